The molecule has 0 unspecified atom stereocenters. The third-order valence-corrected chi connectivity index (χ3v) is 4.58. The summed E-state index contributed by atoms with van der Waals surface area (Å²) in [6.07, 6.45) is 1.95. The second-order valence-electron chi connectivity index (χ2n) is 4.27. The number of allylic oxidation sites excluding steroid dienone is 1. The first-order valence-corrected chi connectivity index (χ1v) is 8.83. The van der Waals surface area contributed by atoms with Gasteiger partial charge in [-0.15, -0.1) is 5.73 Å². The van der Waals surface area contributed by atoms with Crippen LogP contribution in [0.5, 0.6) is 0 Å². The average Bonchev–Trinajstić information content (AvgIpc) is 2.54. The van der Waals surface area contributed by atoms with E-state index < -0.39 is 13.8 Å². The summed E-state index contributed by atoms with van der Waals surface area (Å²) in [6, 6.07) is 9.19. The highest BCUT2D eigenvalue weighted by atomic mass is 31.2. The predicted octanol–water partition coefficient (Wildman–Crippen LogP) is 4.50. The van der Waals surface area contributed by atoms with Crippen molar-refractivity contribution < 1.29 is 23.1 Å². The lowest BCUT2D eigenvalue weighted by Crippen LogP contribution is -2.26. The van der Waals surface area contributed by atoms with E-state index in [0.717, 1.165) is 10.2 Å². The topological polar surface area (TPSA) is 65.1 Å². The molecule has 0 bridgehead atoms. The number of rotatable bonds is 8. The third kappa shape index (κ3) is 6.05. The predicted molar refractivity (Wildman–Crippen MR) is 87.7 cm³/mol. The van der Waals surface area contributed by atoms with E-state index in [0.29, 0.717) is 0 Å². The van der Waals surface area contributed by atoms with Gasteiger partial charge in [-0.2, -0.15) is 4.67 Å². The molecule has 0 N–H and O–H groups in total. The Bertz CT molecular complexity index is 586. The monoisotopic (exact) mass is 339 g/mol. The fraction of sp³-hybridized carbons (Fsp3) is 0.375. The van der Waals surface area contributed by atoms with Gasteiger partial charge in [0.1, 0.15) is 6.61 Å². The van der Waals surface area contributed by atoms with Crippen molar-refractivity contribution in [1.29, 1.82) is 0 Å². The Labute approximate surface area is 136 Å². The van der Waals surface area contributed by atoms with Crippen LogP contribution in [0.25, 0.3) is 0 Å². The highest BCUT2D eigenvalue weighted by Gasteiger charge is 2.37. The maximum atomic E-state index is 12.8. The van der Waals surface area contributed by atoms with E-state index in [1.54, 1.807) is 26.8 Å². The van der Waals surface area contributed by atoms with E-state index in [9.17, 15) is 9.36 Å². The third-order valence-electron chi connectivity index (χ3n) is 2.60. The summed E-state index contributed by atoms with van der Waals surface area (Å²) in [4.78, 5) is 12.3. The van der Waals surface area contributed by atoms with Crippen LogP contribution >= 0.6 is 7.75 Å². The van der Waals surface area contributed by atoms with Crippen LogP contribution in [0.3, 0.4) is 0 Å². The van der Waals surface area contributed by atoms with Crippen molar-refractivity contribution in [2.75, 3.05) is 13.2 Å². The summed E-state index contributed by atoms with van der Waals surface area (Å²) in [5.74, 6) is 0. The molecule has 0 saturated carbocycles. The van der Waals surface area contributed by atoms with Crippen molar-refractivity contribution in [3.63, 3.8) is 0 Å². The number of carbonyl (C=O) groups is 1. The Morgan fingerprint density at radius 3 is 2.35 bits per heavy atom. The van der Waals surface area contributed by atoms with Gasteiger partial charge in [0.25, 0.3) is 0 Å². The minimum atomic E-state index is -3.82. The molecule has 1 rings (SSSR count). The van der Waals surface area contributed by atoms with Crippen LogP contribution in [0.4, 0.5) is 4.79 Å². The van der Waals surface area contributed by atoms with Crippen LogP contribution in [0.15, 0.2) is 48.3 Å². The van der Waals surface area contributed by atoms with E-state index in [1.165, 1.54) is 6.20 Å². The zero-order chi connectivity index (χ0) is 17.1. The molecule has 0 fully saturated rings. The van der Waals surface area contributed by atoms with Crippen molar-refractivity contribution >= 4 is 13.8 Å². The molecule has 0 saturated heterocycles. The Hall–Kier alpha value is -1.84. The Morgan fingerprint density at radius 2 is 1.83 bits per heavy atom. The molecule has 126 valence electrons. The van der Waals surface area contributed by atoms with Crippen molar-refractivity contribution in [3.05, 3.63) is 53.9 Å². The first-order valence-electron chi connectivity index (χ1n) is 7.34. The van der Waals surface area contributed by atoms with Gasteiger partial charge in [0.15, 0.2) is 0 Å². The molecule has 6 nitrogen and oxygen atoms in total. The molecule has 7 heteroatoms. The van der Waals surface area contributed by atoms with Gasteiger partial charge >= 0.3 is 13.8 Å². The van der Waals surface area contributed by atoms with Gasteiger partial charge in [-0.05, 0) is 32.4 Å². The molecule has 23 heavy (non-hydrogen) atoms. The summed E-state index contributed by atoms with van der Waals surface area (Å²) in [5, 5.41) is 0. The van der Waals surface area contributed by atoms with Gasteiger partial charge in [0.2, 0.25) is 0 Å². The largest absolute Gasteiger partial charge is 0.444 e. The summed E-state index contributed by atoms with van der Waals surface area (Å²) < 4.78 is 29.1. The van der Waals surface area contributed by atoms with Crippen LogP contribution in [-0.4, -0.2) is 24.0 Å². The lowest BCUT2D eigenvalue weighted by Gasteiger charge is -2.25. The minimum absolute atomic E-state index is 0.0537. The fourth-order valence-electron chi connectivity index (χ4n) is 1.64. The van der Waals surface area contributed by atoms with E-state index in [1.807, 2.05) is 30.3 Å². The van der Waals surface area contributed by atoms with E-state index in [2.05, 4.69) is 5.73 Å². The number of benzene rings is 1. The van der Waals surface area contributed by atoms with Crippen molar-refractivity contribution in [3.8, 4) is 0 Å². The van der Waals surface area contributed by atoms with Gasteiger partial charge in [-0.1, -0.05) is 30.3 Å². The molecule has 0 aromatic heterocycles. The first kappa shape index (κ1) is 19.2. The van der Waals surface area contributed by atoms with Crippen LogP contribution in [0.1, 0.15) is 26.3 Å². The number of hydrogen-bond donors (Lipinski definition) is 0. The standard InChI is InChI=1S/C16H22NO5P/c1-4-7-13-17(23(19,21-5-2)22-6-3)16(18)20-14-15-11-9-8-10-12-15/h4,8-13H,5-6,14H2,1-3H3. The summed E-state index contributed by atoms with van der Waals surface area (Å²) in [6.45, 7) is 5.36. The molecular formula is C16H22NO5P. The zero-order valence-electron chi connectivity index (χ0n) is 13.6. The molecular weight excluding hydrogens is 317 g/mol. The smallest absolute Gasteiger partial charge is 0.444 e. The highest BCUT2D eigenvalue weighted by Crippen LogP contribution is 2.52. The lowest BCUT2D eigenvalue weighted by molar-refractivity contribution is 0.111. The van der Waals surface area contributed by atoms with Gasteiger partial charge in [-0.3, -0.25) is 9.05 Å². The van der Waals surface area contributed by atoms with Gasteiger partial charge < -0.3 is 4.74 Å². The van der Waals surface area contributed by atoms with Crippen molar-refractivity contribution in [2.24, 2.45) is 0 Å². The normalized spacial score (nSPS) is 10.6. The Balaban J connectivity index is 2.93. The van der Waals surface area contributed by atoms with Crippen LogP contribution in [0, 0.1) is 0 Å². The summed E-state index contributed by atoms with van der Waals surface area (Å²) >= 11 is 0. The number of hydrogen-bond acceptors (Lipinski definition) is 5. The molecule has 0 aliphatic rings. The summed E-state index contributed by atoms with van der Waals surface area (Å²) in [5.41, 5.74) is 3.51. The molecule has 0 heterocycles. The maximum absolute atomic E-state index is 12.8. The highest BCUT2D eigenvalue weighted by molar-refractivity contribution is 7.52. The minimum Gasteiger partial charge on any atom is -0.444 e. The van der Waals surface area contributed by atoms with E-state index >= 15 is 0 Å². The fourth-order valence-corrected chi connectivity index (χ4v) is 3.08. The van der Waals surface area contributed by atoms with Crippen LogP contribution < -0.4 is 0 Å². The molecule has 0 spiro atoms. The number of nitrogens with zero attached hydrogens (tertiary/aromatic N) is 1. The second kappa shape index (κ2) is 10.0. The van der Waals surface area contributed by atoms with Crippen LogP contribution in [0.2, 0.25) is 0 Å². The molecule has 0 aliphatic heterocycles. The Kier molecular flexibility index (Phi) is 8.38. The first-order chi connectivity index (χ1) is 11.1. The summed E-state index contributed by atoms with van der Waals surface area (Å²) in [7, 11) is -3.82. The SMILES string of the molecule is CC=C=CN(C(=O)OCc1ccccc1)P(=O)(OCC)OCC. The van der Waals surface area contributed by atoms with Crippen molar-refractivity contribution in [2.45, 2.75) is 27.4 Å². The van der Waals surface area contributed by atoms with Crippen molar-refractivity contribution in [1.82, 2.24) is 4.67 Å². The average molecular weight is 339 g/mol. The molecule has 0 radical (unpaired) electrons. The molecule has 1 amide bonds. The van der Waals surface area contributed by atoms with Gasteiger partial charge in [-0.25, -0.2) is 9.36 Å². The van der Waals surface area contributed by atoms with E-state index in [-0.39, 0.29) is 19.8 Å². The second-order valence-corrected chi connectivity index (χ2v) is 6.16. The van der Waals surface area contributed by atoms with Gasteiger partial charge in [0, 0.05) is 0 Å². The molecule has 0 aliphatic carbocycles. The Morgan fingerprint density at radius 1 is 1.22 bits per heavy atom. The number of carbonyl (C=O) groups excluding carboxylic acids is 1. The molecule has 1 aromatic rings. The molecule has 0 atom stereocenters. The number of amides is 1. The van der Waals surface area contributed by atoms with Crippen LogP contribution in [-0.2, 0) is 25.0 Å². The quantitative estimate of drug-likeness (QED) is 0.515. The maximum Gasteiger partial charge on any atom is 0.444 e. The number of ether oxygens (including phenoxy) is 1. The van der Waals surface area contributed by atoms with E-state index in [4.69, 9.17) is 13.8 Å². The van der Waals surface area contributed by atoms with Gasteiger partial charge in [0.05, 0.1) is 19.4 Å². The zero-order valence-corrected chi connectivity index (χ0v) is 14.5. The lowest BCUT2D eigenvalue weighted by atomic mass is 10.2. The molecule has 1 aromatic carbocycles.